The van der Waals surface area contributed by atoms with Crippen molar-refractivity contribution in [2.24, 2.45) is 0 Å². The summed E-state index contributed by atoms with van der Waals surface area (Å²) in [5.74, 6) is 0. The first kappa shape index (κ1) is 18.7. The molecular weight excluding hydrogens is 388 g/mol. The van der Waals surface area contributed by atoms with Crippen LogP contribution in [-0.4, -0.2) is 13.2 Å². The van der Waals surface area contributed by atoms with Gasteiger partial charge in [-0.2, -0.15) is 30.3 Å². The molecule has 1 radical (unpaired) electrons. The van der Waals surface area contributed by atoms with Crippen LogP contribution in [0.5, 0.6) is 0 Å². The smallest absolute Gasteiger partial charge is 0.0628 e. The fourth-order valence-electron chi connectivity index (χ4n) is 0.659. The molecule has 0 aliphatic heterocycles. The average molecular weight is 403 g/mol. The van der Waals surface area contributed by atoms with Crippen molar-refractivity contribution in [2.45, 2.75) is 0 Å². The van der Waals surface area contributed by atoms with E-state index in [4.69, 9.17) is 4.74 Å². The van der Waals surface area contributed by atoms with Crippen molar-refractivity contribution in [1.29, 1.82) is 0 Å². The molecule has 0 fully saturated rings. The Morgan fingerprint density at radius 1 is 1.44 bits per heavy atom. The maximum Gasteiger partial charge on any atom is 0.0628 e. The molecule has 0 saturated carbocycles. The molecular formula is C13H15IOY-2. The molecule has 0 amide bonds. The van der Waals surface area contributed by atoms with E-state index >= 15 is 0 Å². The van der Waals surface area contributed by atoms with E-state index in [1.54, 1.807) is 12.2 Å². The summed E-state index contributed by atoms with van der Waals surface area (Å²) in [6.45, 7) is 8.24. The second kappa shape index (κ2) is 15.4. The molecule has 0 N–H and O–H groups in total. The molecule has 0 aliphatic carbocycles. The van der Waals surface area contributed by atoms with Crippen molar-refractivity contribution < 1.29 is 37.4 Å². The Kier molecular flexibility index (Phi) is 18.0. The first-order chi connectivity index (χ1) is 7.31. The van der Waals surface area contributed by atoms with Gasteiger partial charge in [0.05, 0.1) is 6.61 Å². The zero-order valence-corrected chi connectivity index (χ0v) is 14.2. The maximum atomic E-state index is 4.98. The van der Waals surface area contributed by atoms with E-state index in [0.29, 0.717) is 13.2 Å². The van der Waals surface area contributed by atoms with Crippen LogP contribution in [0.2, 0.25) is 0 Å². The predicted octanol–water partition coefficient (Wildman–Crippen LogP) is 3.67. The van der Waals surface area contributed by atoms with Crippen LogP contribution in [0.3, 0.4) is 0 Å². The predicted molar refractivity (Wildman–Crippen MR) is 73.5 cm³/mol. The topological polar surface area (TPSA) is 9.23 Å². The monoisotopic (exact) mass is 403 g/mol. The number of hydrogen-bond acceptors (Lipinski definition) is 1. The Balaban J connectivity index is 0. The third kappa shape index (κ3) is 14.4. The van der Waals surface area contributed by atoms with Crippen molar-refractivity contribution in [3.05, 3.63) is 65.6 Å². The Bertz CT molecular complexity index is 273. The quantitative estimate of drug-likeness (QED) is 0.323. The summed E-state index contributed by atoms with van der Waals surface area (Å²) >= 11 is 2.22. The molecule has 0 atom stereocenters. The molecule has 0 heterocycles. The van der Waals surface area contributed by atoms with Crippen LogP contribution in [0.1, 0.15) is 0 Å². The zero-order chi connectivity index (χ0) is 11.4. The van der Waals surface area contributed by atoms with Crippen molar-refractivity contribution in [3.63, 3.8) is 0 Å². The Morgan fingerprint density at radius 3 is 2.56 bits per heavy atom. The normalized spacial score (nSPS) is 8.81. The first-order valence-electron chi connectivity index (χ1n) is 4.56. The number of rotatable bonds is 4. The SMILES string of the molecule is C=CCOC/C=C\[CH2-].Ic1[c-]cccc1.[Y]. The molecule has 1 nitrogen and oxygen atoms in total. The van der Waals surface area contributed by atoms with Crippen molar-refractivity contribution >= 4 is 22.6 Å². The Labute approximate surface area is 137 Å². The minimum Gasteiger partial charge on any atom is -0.391 e. The van der Waals surface area contributed by atoms with Gasteiger partial charge in [-0.3, -0.25) is 0 Å². The molecule has 1 aromatic rings. The van der Waals surface area contributed by atoms with Gasteiger partial charge in [-0.1, -0.05) is 28.7 Å². The molecule has 1 aromatic carbocycles. The van der Waals surface area contributed by atoms with Gasteiger partial charge in [-0.25, -0.2) is 19.1 Å². The third-order valence-electron chi connectivity index (χ3n) is 1.29. The number of ether oxygens (including phenoxy) is 1. The van der Waals surface area contributed by atoms with Gasteiger partial charge >= 0.3 is 0 Å². The standard InChI is InChI=1S/C7H11O.C6H4I.Y/c1-3-5-7-8-6-4-2;7-6-4-2-1-3-5-6;/h3-5H,1-2,6-7H2;1-4H;/q2*-1;/b5-3-;;. The maximum absolute atomic E-state index is 4.98. The van der Waals surface area contributed by atoms with Crippen LogP contribution < -0.4 is 0 Å². The first-order valence-corrected chi connectivity index (χ1v) is 5.64. The molecule has 85 valence electrons. The van der Waals surface area contributed by atoms with E-state index in [2.05, 4.69) is 42.2 Å². The summed E-state index contributed by atoms with van der Waals surface area (Å²) in [7, 11) is 0. The van der Waals surface area contributed by atoms with Crippen LogP contribution in [0.25, 0.3) is 0 Å². The molecule has 0 saturated heterocycles. The number of benzene rings is 1. The van der Waals surface area contributed by atoms with Gasteiger partial charge in [0, 0.05) is 39.3 Å². The summed E-state index contributed by atoms with van der Waals surface area (Å²) in [5.41, 5.74) is 0. The van der Waals surface area contributed by atoms with Crippen LogP contribution in [0.4, 0.5) is 0 Å². The molecule has 0 bridgehead atoms. The van der Waals surface area contributed by atoms with Crippen LogP contribution in [0, 0.1) is 16.6 Å². The molecule has 16 heavy (non-hydrogen) atoms. The molecule has 0 aliphatic rings. The largest absolute Gasteiger partial charge is 0.391 e. The van der Waals surface area contributed by atoms with Gasteiger partial charge < -0.3 is 4.74 Å². The van der Waals surface area contributed by atoms with Crippen molar-refractivity contribution in [2.75, 3.05) is 13.2 Å². The van der Waals surface area contributed by atoms with Gasteiger partial charge in [-0.15, -0.1) is 10.1 Å². The van der Waals surface area contributed by atoms with E-state index in [9.17, 15) is 0 Å². The fraction of sp³-hybridized carbons (Fsp3) is 0.154. The van der Waals surface area contributed by atoms with E-state index in [0.717, 1.165) is 0 Å². The summed E-state index contributed by atoms with van der Waals surface area (Å²) < 4.78 is 6.15. The molecule has 3 heteroatoms. The van der Waals surface area contributed by atoms with Crippen LogP contribution in [0.15, 0.2) is 49.1 Å². The zero-order valence-electron chi connectivity index (χ0n) is 9.23. The van der Waals surface area contributed by atoms with E-state index in [1.807, 2.05) is 30.3 Å². The summed E-state index contributed by atoms with van der Waals surface area (Å²) in [5, 5.41) is 0. The Hall–Kier alpha value is 0.364. The number of allylic oxidation sites excluding steroid dienone is 1. The number of halogens is 1. The summed E-state index contributed by atoms with van der Waals surface area (Å²) in [6.07, 6.45) is 5.28. The van der Waals surface area contributed by atoms with Gasteiger partial charge in [0.1, 0.15) is 0 Å². The van der Waals surface area contributed by atoms with Crippen molar-refractivity contribution in [3.8, 4) is 0 Å². The average Bonchev–Trinajstić information content (AvgIpc) is 2.27. The van der Waals surface area contributed by atoms with E-state index in [-0.39, 0.29) is 32.7 Å². The Morgan fingerprint density at radius 2 is 2.19 bits per heavy atom. The molecule has 0 unspecified atom stereocenters. The second-order valence-corrected chi connectivity index (χ2v) is 3.67. The molecule has 0 spiro atoms. The fourth-order valence-corrected chi connectivity index (χ4v) is 1.05. The van der Waals surface area contributed by atoms with E-state index in [1.165, 1.54) is 3.57 Å². The van der Waals surface area contributed by atoms with Crippen LogP contribution in [-0.2, 0) is 37.4 Å². The van der Waals surface area contributed by atoms with Crippen LogP contribution >= 0.6 is 22.6 Å². The van der Waals surface area contributed by atoms with Gasteiger partial charge in [-0.05, 0) is 0 Å². The van der Waals surface area contributed by atoms with Gasteiger partial charge in [0.25, 0.3) is 0 Å². The van der Waals surface area contributed by atoms with E-state index < -0.39 is 0 Å². The summed E-state index contributed by atoms with van der Waals surface area (Å²) in [4.78, 5) is 0. The van der Waals surface area contributed by atoms with Gasteiger partial charge in [0.15, 0.2) is 0 Å². The second-order valence-electron chi connectivity index (χ2n) is 2.51. The minimum absolute atomic E-state index is 0. The third-order valence-corrected chi connectivity index (χ3v) is 1.96. The number of hydrogen-bond donors (Lipinski definition) is 0. The minimum atomic E-state index is 0. The molecule has 0 aromatic heterocycles. The summed E-state index contributed by atoms with van der Waals surface area (Å²) in [6, 6.07) is 10.9. The van der Waals surface area contributed by atoms with Crippen molar-refractivity contribution in [1.82, 2.24) is 0 Å². The van der Waals surface area contributed by atoms with Gasteiger partial charge in [0.2, 0.25) is 0 Å². The molecule has 1 rings (SSSR count).